The van der Waals surface area contributed by atoms with Crippen LogP contribution in [0.5, 0.6) is 0 Å². The van der Waals surface area contributed by atoms with Gasteiger partial charge in [0, 0.05) is 24.7 Å². The van der Waals surface area contributed by atoms with E-state index in [0.29, 0.717) is 0 Å². The van der Waals surface area contributed by atoms with Crippen molar-refractivity contribution >= 4 is 15.7 Å². The molecule has 0 bridgehead atoms. The molecule has 100 valence electrons. The lowest BCUT2D eigenvalue weighted by Crippen LogP contribution is -2.39. The fraction of sp³-hybridized carbons (Fsp3) is 0.333. The summed E-state index contributed by atoms with van der Waals surface area (Å²) in [6.45, 7) is -0.460. The molecule has 9 heteroatoms. The maximum atomic E-state index is 11.7. The van der Waals surface area contributed by atoms with Gasteiger partial charge in [0.15, 0.2) is 0 Å². The largest absolute Gasteiger partial charge is 0.395 e. The van der Waals surface area contributed by atoms with Gasteiger partial charge in [-0.2, -0.15) is 0 Å². The number of nitrogens with one attached hydrogen (secondary N) is 1. The lowest BCUT2D eigenvalue weighted by molar-refractivity contribution is -0.384. The van der Waals surface area contributed by atoms with Crippen LogP contribution in [0, 0.1) is 10.1 Å². The quantitative estimate of drug-likeness (QED) is 0.459. The molecular formula is C9H13N3O5S. The molecule has 4 N–H and O–H groups in total. The molecule has 0 radical (unpaired) electrons. The Kier molecular flexibility index (Phi) is 4.73. The summed E-state index contributed by atoms with van der Waals surface area (Å²) in [6.07, 6.45) is 0. The molecule has 0 saturated heterocycles. The second-order valence-electron chi connectivity index (χ2n) is 3.55. The molecule has 1 aromatic carbocycles. The first-order valence-corrected chi connectivity index (χ1v) is 6.45. The molecule has 0 spiro atoms. The van der Waals surface area contributed by atoms with Crippen LogP contribution in [-0.2, 0) is 10.0 Å². The van der Waals surface area contributed by atoms with Crippen LogP contribution in [0.15, 0.2) is 29.2 Å². The van der Waals surface area contributed by atoms with E-state index in [9.17, 15) is 18.5 Å². The molecule has 0 heterocycles. The number of non-ortho nitro benzene ring substituents is 1. The number of nitro benzene ring substituents is 1. The van der Waals surface area contributed by atoms with Gasteiger partial charge in [-0.15, -0.1) is 0 Å². The zero-order chi connectivity index (χ0) is 13.8. The minimum atomic E-state index is -3.77. The van der Waals surface area contributed by atoms with Crippen LogP contribution in [0.3, 0.4) is 0 Å². The molecule has 0 amide bonds. The number of aliphatic hydroxyl groups excluding tert-OH is 1. The van der Waals surface area contributed by atoms with E-state index in [2.05, 4.69) is 4.72 Å². The highest BCUT2D eigenvalue weighted by atomic mass is 32.2. The van der Waals surface area contributed by atoms with Crippen molar-refractivity contribution in [3.63, 3.8) is 0 Å². The van der Waals surface area contributed by atoms with Crippen molar-refractivity contribution in [2.75, 3.05) is 13.2 Å². The molecular weight excluding hydrogens is 262 g/mol. The summed E-state index contributed by atoms with van der Waals surface area (Å²) < 4.78 is 25.6. The topological polar surface area (TPSA) is 136 Å². The third-order valence-electron chi connectivity index (χ3n) is 2.13. The number of nitro groups is 1. The van der Waals surface area contributed by atoms with E-state index < -0.39 is 21.0 Å². The first-order chi connectivity index (χ1) is 8.36. The van der Waals surface area contributed by atoms with Crippen molar-refractivity contribution < 1.29 is 18.4 Å². The zero-order valence-corrected chi connectivity index (χ0v) is 10.1. The predicted molar refractivity (Wildman–Crippen MR) is 63.3 cm³/mol. The maximum Gasteiger partial charge on any atom is 0.269 e. The van der Waals surface area contributed by atoms with Crippen molar-refractivity contribution in [2.45, 2.75) is 10.9 Å². The summed E-state index contributed by atoms with van der Waals surface area (Å²) in [4.78, 5) is 9.69. The summed E-state index contributed by atoms with van der Waals surface area (Å²) in [5, 5.41) is 19.1. The molecule has 18 heavy (non-hydrogen) atoms. The Balaban J connectivity index is 2.82. The van der Waals surface area contributed by atoms with Crippen LogP contribution in [0.1, 0.15) is 0 Å². The van der Waals surface area contributed by atoms with Gasteiger partial charge in [-0.25, -0.2) is 13.1 Å². The molecule has 1 atom stereocenters. The number of hydrogen-bond donors (Lipinski definition) is 3. The summed E-state index contributed by atoms with van der Waals surface area (Å²) in [7, 11) is -3.77. The van der Waals surface area contributed by atoms with Crippen LogP contribution < -0.4 is 10.5 Å². The highest BCUT2D eigenvalue weighted by Crippen LogP contribution is 2.15. The van der Waals surface area contributed by atoms with Crippen molar-refractivity contribution in [3.8, 4) is 0 Å². The molecule has 0 aliphatic carbocycles. The number of benzene rings is 1. The van der Waals surface area contributed by atoms with Crippen molar-refractivity contribution in [3.05, 3.63) is 34.4 Å². The van der Waals surface area contributed by atoms with E-state index >= 15 is 0 Å². The smallest absolute Gasteiger partial charge is 0.269 e. The number of nitrogens with two attached hydrogens (primary N) is 1. The van der Waals surface area contributed by atoms with Gasteiger partial charge in [-0.3, -0.25) is 10.1 Å². The Hall–Kier alpha value is -1.55. The second kappa shape index (κ2) is 5.87. The second-order valence-corrected chi connectivity index (χ2v) is 5.31. The summed E-state index contributed by atoms with van der Waals surface area (Å²) in [6, 6.07) is 3.76. The molecule has 0 aliphatic heterocycles. The van der Waals surface area contributed by atoms with E-state index in [1.165, 1.54) is 0 Å². The van der Waals surface area contributed by atoms with Gasteiger partial charge in [0.05, 0.1) is 16.4 Å². The fourth-order valence-corrected chi connectivity index (χ4v) is 2.21. The predicted octanol–water partition coefficient (Wildman–Crippen LogP) is -0.807. The third-order valence-corrected chi connectivity index (χ3v) is 3.57. The van der Waals surface area contributed by atoms with E-state index in [4.69, 9.17) is 10.8 Å². The third kappa shape index (κ3) is 3.74. The Bertz CT molecular complexity index is 514. The fourth-order valence-electron chi connectivity index (χ4n) is 1.11. The molecule has 0 unspecified atom stereocenters. The summed E-state index contributed by atoms with van der Waals surface area (Å²) >= 11 is 0. The Morgan fingerprint density at radius 2 is 1.94 bits per heavy atom. The average molecular weight is 275 g/mol. The van der Waals surface area contributed by atoms with Gasteiger partial charge >= 0.3 is 0 Å². The Morgan fingerprint density at radius 3 is 2.39 bits per heavy atom. The van der Waals surface area contributed by atoms with Crippen LogP contribution in [0.4, 0.5) is 5.69 Å². The first kappa shape index (κ1) is 14.5. The van der Waals surface area contributed by atoms with Crippen LogP contribution in [0.2, 0.25) is 0 Å². The average Bonchev–Trinajstić information content (AvgIpc) is 2.36. The van der Waals surface area contributed by atoms with Crippen molar-refractivity contribution in [2.24, 2.45) is 5.73 Å². The number of hydrogen-bond acceptors (Lipinski definition) is 6. The first-order valence-electron chi connectivity index (χ1n) is 4.97. The molecule has 0 aromatic heterocycles. The molecule has 0 fully saturated rings. The number of sulfonamides is 1. The van der Waals surface area contributed by atoms with Gasteiger partial charge in [0.1, 0.15) is 0 Å². The Morgan fingerprint density at radius 1 is 1.39 bits per heavy atom. The zero-order valence-electron chi connectivity index (χ0n) is 9.31. The van der Waals surface area contributed by atoms with Crippen molar-refractivity contribution in [1.82, 2.24) is 4.72 Å². The van der Waals surface area contributed by atoms with E-state index in [1.54, 1.807) is 0 Å². The molecule has 1 rings (SSSR count). The van der Waals surface area contributed by atoms with Gasteiger partial charge in [0.25, 0.3) is 5.69 Å². The minimum absolute atomic E-state index is 0.0989. The summed E-state index contributed by atoms with van der Waals surface area (Å²) in [5.41, 5.74) is 5.16. The van der Waals surface area contributed by atoms with Gasteiger partial charge in [-0.05, 0) is 12.1 Å². The van der Waals surface area contributed by atoms with Crippen LogP contribution in [-0.4, -0.2) is 37.6 Å². The number of aliphatic hydroxyl groups is 1. The minimum Gasteiger partial charge on any atom is -0.395 e. The molecule has 8 nitrogen and oxygen atoms in total. The summed E-state index contributed by atoms with van der Waals surface area (Å²) in [5.74, 6) is 0. The highest BCUT2D eigenvalue weighted by Gasteiger charge is 2.16. The normalized spacial score (nSPS) is 13.2. The van der Waals surface area contributed by atoms with Gasteiger partial charge in [-0.1, -0.05) is 0 Å². The standard InChI is InChI=1S/C9H13N3O5S/c10-7(6-13)5-11-18(16,17)9-3-1-8(2-4-9)12(14)15/h1-4,7,11,13H,5-6,10H2/t7-/m0/s1. The maximum absolute atomic E-state index is 11.7. The monoisotopic (exact) mass is 275 g/mol. The molecule has 1 aromatic rings. The highest BCUT2D eigenvalue weighted by molar-refractivity contribution is 7.89. The van der Waals surface area contributed by atoms with Crippen LogP contribution in [0.25, 0.3) is 0 Å². The van der Waals surface area contributed by atoms with Crippen molar-refractivity contribution in [1.29, 1.82) is 0 Å². The number of rotatable bonds is 6. The van der Waals surface area contributed by atoms with E-state index in [1.807, 2.05) is 0 Å². The lowest BCUT2D eigenvalue weighted by Gasteiger charge is -2.10. The van der Waals surface area contributed by atoms with E-state index in [0.717, 1.165) is 24.3 Å². The lowest BCUT2D eigenvalue weighted by atomic mass is 10.3. The Labute approximate surface area is 104 Å². The number of nitrogens with zero attached hydrogens (tertiary/aromatic N) is 1. The van der Waals surface area contributed by atoms with Crippen LogP contribution >= 0.6 is 0 Å². The molecule has 0 saturated carbocycles. The van der Waals surface area contributed by atoms with E-state index in [-0.39, 0.29) is 23.7 Å². The SMILES string of the molecule is N[C@H](CO)CNS(=O)(=O)c1ccc([N+](=O)[O-])cc1. The van der Waals surface area contributed by atoms with Gasteiger partial charge in [0.2, 0.25) is 10.0 Å². The molecule has 0 aliphatic rings. The van der Waals surface area contributed by atoms with Gasteiger partial charge < -0.3 is 10.8 Å².